The molecule has 0 saturated heterocycles. The van der Waals surface area contributed by atoms with Gasteiger partial charge >= 0.3 is 0 Å². The van der Waals surface area contributed by atoms with Crippen molar-refractivity contribution >= 4 is 0 Å². The third kappa shape index (κ3) is 2.73. The number of hydrogen-bond donors (Lipinski definition) is 0. The Morgan fingerprint density at radius 3 is 2.73 bits per heavy atom. The van der Waals surface area contributed by atoms with Crippen molar-refractivity contribution in [2.45, 2.75) is 33.1 Å². The van der Waals surface area contributed by atoms with E-state index in [4.69, 9.17) is 0 Å². The van der Waals surface area contributed by atoms with Gasteiger partial charge < -0.3 is 0 Å². The maximum atomic E-state index is 3.06. The SMILES string of the molecule is CC1=CC=C(Cc2cc#cc(C)c2)CC1. The van der Waals surface area contributed by atoms with Crippen LogP contribution < -0.4 is 0 Å². The van der Waals surface area contributed by atoms with Crippen molar-refractivity contribution in [1.82, 2.24) is 0 Å². The average Bonchev–Trinajstić information content (AvgIpc) is 2.22. The maximum absolute atomic E-state index is 3.06. The van der Waals surface area contributed by atoms with E-state index >= 15 is 0 Å². The van der Waals surface area contributed by atoms with Gasteiger partial charge in [0.2, 0.25) is 0 Å². The molecule has 76 valence electrons. The Hall–Kier alpha value is -1.48. The lowest BCUT2D eigenvalue weighted by Crippen LogP contribution is -1.95. The van der Waals surface area contributed by atoms with Crippen LogP contribution in [0.25, 0.3) is 0 Å². The third-order valence-electron chi connectivity index (χ3n) is 2.80. The summed E-state index contributed by atoms with van der Waals surface area (Å²) in [4.78, 5) is 0. The van der Waals surface area contributed by atoms with Gasteiger partial charge in [-0.05, 0) is 56.4 Å². The summed E-state index contributed by atoms with van der Waals surface area (Å²) in [5.74, 6) is 0. The van der Waals surface area contributed by atoms with E-state index in [1.807, 2.05) is 6.07 Å². The summed E-state index contributed by atoms with van der Waals surface area (Å²) in [6, 6.07) is 10.4. The lowest BCUT2D eigenvalue weighted by molar-refractivity contribution is 0.869. The van der Waals surface area contributed by atoms with Gasteiger partial charge in [-0.15, -0.1) is 0 Å². The highest BCUT2D eigenvalue weighted by Gasteiger charge is 2.04. The minimum atomic E-state index is 1.07. The topological polar surface area (TPSA) is 0 Å². The summed E-state index contributed by atoms with van der Waals surface area (Å²) in [6.45, 7) is 4.27. The van der Waals surface area contributed by atoms with Gasteiger partial charge in [-0.25, -0.2) is 0 Å². The summed E-state index contributed by atoms with van der Waals surface area (Å²) >= 11 is 0. The van der Waals surface area contributed by atoms with Crippen LogP contribution in [0.4, 0.5) is 0 Å². The third-order valence-corrected chi connectivity index (χ3v) is 2.80. The van der Waals surface area contributed by atoms with Crippen LogP contribution >= 0.6 is 0 Å². The summed E-state index contributed by atoms with van der Waals surface area (Å²) in [5, 5.41) is 0. The van der Waals surface area contributed by atoms with Gasteiger partial charge in [-0.3, -0.25) is 0 Å². The summed E-state index contributed by atoms with van der Waals surface area (Å²) < 4.78 is 0. The van der Waals surface area contributed by atoms with Crippen molar-refractivity contribution in [3.63, 3.8) is 0 Å². The monoisotopic (exact) mass is 196 g/mol. The molecule has 1 aliphatic carbocycles. The molecule has 0 aliphatic heterocycles. The molecule has 0 radical (unpaired) electrons. The van der Waals surface area contributed by atoms with Gasteiger partial charge in [0, 0.05) is 0 Å². The first kappa shape index (κ1) is 10.1. The van der Waals surface area contributed by atoms with E-state index < -0.39 is 0 Å². The van der Waals surface area contributed by atoms with Crippen LogP contribution in [0.2, 0.25) is 0 Å². The summed E-state index contributed by atoms with van der Waals surface area (Å²) in [7, 11) is 0. The number of rotatable bonds is 2. The number of allylic oxidation sites excluding steroid dienone is 4. The van der Waals surface area contributed by atoms with Gasteiger partial charge in [-0.2, -0.15) is 0 Å². The van der Waals surface area contributed by atoms with Crippen molar-refractivity contribution in [3.05, 3.63) is 58.7 Å². The summed E-state index contributed by atoms with van der Waals surface area (Å²) in [6.07, 6.45) is 8.00. The molecule has 0 bridgehead atoms. The molecule has 0 amide bonds. The largest absolute Gasteiger partial charge is 0.0730 e. The normalized spacial score (nSPS) is 15.3. The highest BCUT2D eigenvalue weighted by molar-refractivity contribution is 5.29. The second-order valence-corrected chi connectivity index (χ2v) is 4.33. The molecule has 0 spiro atoms. The van der Waals surface area contributed by atoms with E-state index in [0.717, 1.165) is 6.42 Å². The van der Waals surface area contributed by atoms with Gasteiger partial charge in [-0.1, -0.05) is 35.4 Å². The molecule has 0 saturated carbocycles. The van der Waals surface area contributed by atoms with Gasteiger partial charge in [0.25, 0.3) is 0 Å². The van der Waals surface area contributed by atoms with E-state index in [-0.39, 0.29) is 0 Å². The molecule has 0 unspecified atom stereocenters. The maximum Gasteiger partial charge on any atom is -0.000417 e. The molecular weight excluding hydrogens is 180 g/mol. The fourth-order valence-corrected chi connectivity index (χ4v) is 1.89. The highest BCUT2D eigenvalue weighted by Crippen LogP contribution is 2.21. The molecule has 15 heavy (non-hydrogen) atoms. The predicted molar refractivity (Wildman–Crippen MR) is 63.6 cm³/mol. The Balaban J connectivity index is 2.10. The Kier molecular flexibility index (Phi) is 2.92. The van der Waals surface area contributed by atoms with E-state index in [1.165, 1.54) is 35.1 Å². The molecule has 1 aliphatic rings. The van der Waals surface area contributed by atoms with E-state index in [0.29, 0.717) is 0 Å². The van der Waals surface area contributed by atoms with Crippen LogP contribution in [-0.4, -0.2) is 0 Å². The van der Waals surface area contributed by atoms with Crippen molar-refractivity contribution in [2.75, 3.05) is 0 Å². The van der Waals surface area contributed by atoms with Crippen molar-refractivity contribution in [3.8, 4) is 0 Å². The van der Waals surface area contributed by atoms with Crippen molar-refractivity contribution < 1.29 is 0 Å². The molecular formula is C15H16. The van der Waals surface area contributed by atoms with E-state index in [1.54, 1.807) is 0 Å². The molecule has 0 atom stereocenters. The van der Waals surface area contributed by atoms with Crippen molar-refractivity contribution in [1.29, 1.82) is 0 Å². The zero-order valence-electron chi connectivity index (χ0n) is 9.43. The summed E-state index contributed by atoms with van der Waals surface area (Å²) in [5.41, 5.74) is 5.54. The van der Waals surface area contributed by atoms with Crippen LogP contribution in [-0.2, 0) is 6.42 Å². The minimum Gasteiger partial charge on any atom is -0.0730 e. The molecule has 1 aromatic carbocycles. The first-order valence-electron chi connectivity index (χ1n) is 5.48. The second-order valence-electron chi connectivity index (χ2n) is 4.33. The number of aryl methyl sites for hydroxylation is 1. The van der Waals surface area contributed by atoms with E-state index in [9.17, 15) is 0 Å². The zero-order valence-corrected chi connectivity index (χ0v) is 9.43. The second kappa shape index (κ2) is 4.36. The fraction of sp³-hybridized carbons (Fsp3) is 0.333. The number of hydrogen-bond acceptors (Lipinski definition) is 0. The molecule has 0 heterocycles. The Bertz CT molecular complexity index is 408. The fourth-order valence-electron chi connectivity index (χ4n) is 1.89. The van der Waals surface area contributed by atoms with Crippen molar-refractivity contribution in [2.24, 2.45) is 0 Å². The van der Waals surface area contributed by atoms with E-state index in [2.05, 4.69) is 44.2 Å². The lowest BCUT2D eigenvalue weighted by atomic mass is 9.94. The van der Waals surface area contributed by atoms with Crippen LogP contribution in [0.15, 0.2) is 35.4 Å². The Morgan fingerprint density at radius 2 is 2.07 bits per heavy atom. The van der Waals surface area contributed by atoms with Gasteiger partial charge in [0.1, 0.15) is 0 Å². The lowest BCUT2D eigenvalue weighted by Gasteiger charge is -2.11. The van der Waals surface area contributed by atoms with Crippen LogP contribution in [0.5, 0.6) is 0 Å². The quantitative estimate of drug-likeness (QED) is 0.675. The molecule has 0 heteroatoms. The highest BCUT2D eigenvalue weighted by atomic mass is 14.1. The first-order valence-corrected chi connectivity index (χ1v) is 5.48. The average molecular weight is 196 g/mol. The smallest absolute Gasteiger partial charge is 0.000417 e. The standard InChI is InChI=1S/C15H16/c1-12-6-8-14(9-7-12)11-15-5-3-4-13(2)10-15/h5-6,8,10H,7,9,11H2,1-2H3. The van der Waals surface area contributed by atoms with Crippen LogP contribution in [0, 0.1) is 19.1 Å². The van der Waals surface area contributed by atoms with Crippen LogP contribution in [0.1, 0.15) is 30.9 Å². The molecule has 0 fully saturated rings. The van der Waals surface area contributed by atoms with Crippen LogP contribution in [0.3, 0.4) is 0 Å². The molecule has 1 aromatic rings. The Morgan fingerprint density at radius 1 is 1.20 bits per heavy atom. The zero-order chi connectivity index (χ0) is 10.7. The Labute approximate surface area is 92.3 Å². The minimum absolute atomic E-state index is 1.07. The first-order chi connectivity index (χ1) is 7.24. The van der Waals surface area contributed by atoms with Gasteiger partial charge in [0.15, 0.2) is 0 Å². The predicted octanol–water partition coefficient (Wildman–Crippen LogP) is 3.80. The van der Waals surface area contributed by atoms with Gasteiger partial charge in [0.05, 0.1) is 0 Å². The molecule has 2 rings (SSSR count). The molecule has 0 nitrogen and oxygen atoms in total. The molecule has 0 aromatic heterocycles. The molecule has 0 N–H and O–H groups in total.